The van der Waals surface area contributed by atoms with E-state index in [1.165, 1.54) is 51.6 Å². The van der Waals surface area contributed by atoms with Crippen molar-refractivity contribution in [1.29, 1.82) is 0 Å². The Kier molecular flexibility index (Phi) is 6.20. The second-order valence-electron chi connectivity index (χ2n) is 4.83. The summed E-state index contributed by atoms with van der Waals surface area (Å²) >= 11 is 0. The van der Waals surface area contributed by atoms with Crippen molar-refractivity contribution >= 4 is 0 Å². The molecule has 1 aliphatic carbocycles. The summed E-state index contributed by atoms with van der Waals surface area (Å²) in [6.07, 6.45) is 8.26. The molecule has 0 aliphatic heterocycles. The second-order valence-corrected chi connectivity index (χ2v) is 4.83. The summed E-state index contributed by atoms with van der Waals surface area (Å²) in [6.45, 7) is 5.54. The van der Waals surface area contributed by atoms with Crippen LogP contribution < -0.4 is 11.1 Å². The van der Waals surface area contributed by atoms with Crippen molar-refractivity contribution < 1.29 is 0 Å². The minimum atomic E-state index is 0.792. The van der Waals surface area contributed by atoms with Crippen LogP contribution in [-0.2, 0) is 0 Å². The molecule has 1 fully saturated rings. The summed E-state index contributed by atoms with van der Waals surface area (Å²) in [7, 11) is 0. The zero-order valence-electron chi connectivity index (χ0n) is 9.60. The molecule has 1 saturated carbocycles. The van der Waals surface area contributed by atoms with Gasteiger partial charge in [-0.25, -0.2) is 0 Å². The van der Waals surface area contributed by atoms with Gasteiger partial charge in [-0.15, -0.1) is 0 Å². The third-order valence-corrected chi connectivity index (χ3v) is 3.35. The quantitative estimate of drug-likeness (QED) is 0.586. The van der Waals surface area contributed by atoms with Crippen LogP contribution in [0.15, 0.2) is 0 Å². The monoisotopic (exact) mass is 198 g/mol. The van der Waals surface area contributed by atoms with Crippen molar-refractivity contribution in [2.75, 3.05) is 19.6 Å². The fourth-order valence-corrected chi connectivity index (χ4v) is 2.00. The first kappa shape index (κ1) is 12.0. The smallest absolute Gasteiger partial charge is 0.00231 e. The average Bonchev–Trinajstić information content (AvgIpc) is 2.11. The molecule has 2 heteroatoms. The Morgan fingerprint density at radius 2 is 2.21 bits per heavy atom. The first-order valence-corrected chi connectivity index (χ1v) is 6.23. The number of nitrogens with one attached hydrogen (secondary N) is 1. The van der Waals surface area contributed by atoms with E-state index in [0.717, 1.165) is 18.4 Å². The summed E-state index contributed by atoms with van der Waals surface area (Å²) in [6, 6.07) is 0. The SMILES string of the molecule is CC(CCCN)CNCCC1CCC1. The number of rotatable bonds is 8. The second kappa shape index (κ2) is 7.24. The van der Waals surface area contributed by atoms with E-state index in [-0.39, 0.29) is 0 Å². The van der Waals surface area contributed by atoms with Crippen molar-refractivity contribution in [3.8, 4) is 0 Å². The number of hydrogen-bond donors (Lipinski definition) is 2. The van der Waals surface area contributed by atoms with Gasteiger partial charge in [-0.2, -0.15) is 0 Å². The van der Waals surface area contributed by atoms with Crippen LogP contribution in [0.3, 0.4) is 0 Å². The van der Waals surface area contributed by atoms with E-state index >= 15 is 0 Å². The molecule has 0 aromatic rings. The Labute approximate surface area is 88.6 Å². The fraction of sp³-hybridized carbons (Fsp3) is 1.00. The van der Waals surface area contributed by atoms with E-state index in [0.29, 0.717) is 0 Å². The molecule has 0 aromatic heterocycles. The summed E-state index contributed by atoms with van der Waals surface area (Å²) in [5.41, 5.74) is 5.48. The van der Waals surface area contributed by atoms with Gasteiger partial charge in [0, 0.05) is 0 Å². The summed E-state index contributed by atoms with van der Waals surface area (Å²) in [4.78, 5) is 0. The topological polar surface area (TPSA) is 38.0 Å². The van der Waals surface area contributed by atoms with E-state index in [4.69, 9.17) is 5.73 Å². The van der Waals surface area contributed by atoms with Gasteiger partial charge in [-0.3, -0.25) is 0 Å². The Bertz CT molecular complexity index is 132. The van der Waals surface area contributed by atoms with Crippen molar-refractivity contribution in [3.05, 3.63) is 0 Å². The van der Waals surface area contributed by atoms with Gasteiger partial charge in [-0.05, 0) is 50.7 Å². The third-order valence-electron chi connectivity index (χ3n) is 3.35. The van der Waals surface area contributed by atoms with Crippen molar-refractivity contribution in [3.63, 3.8) is 0 Å². The molecule has 1 atom stereocenters. The van der Waals surface area contributed by atoms with E-state index in [2.05, 4.69) is 12.2 Å². The van der Waals surface area contributed by atoms with Gasteiger partial charge in [-0.1, -0.05) is 26.2 Å². The highest BCUT2D eigenvalue weighted by molar-refractivity contribution is 4.70. The molecule has 1 unspecified atom stereocenters. The number of nitrogens with two attached hydrogens (primary N) is 1. The predicted molar refractivity (Wildman–Crippen MR) is 62.3 cm³/mol. The van der Waals surface area contributed by atoms with Gasteiger partial charge in [0.05, 0.1) is 0 Å². The molecule has 1 rings (SSSR count). The minimum absolute atomic E-state index is 0.792. The molecule has 0 bridgehead atoms. The highest BCUT2D eigenvalue weighted by Crippen LogP contribution is 2.28. The van der Waals surface area contributed by atoms with E-state index in [1.807, 2.05) is 0 Å². The lowest BCUT2D eigenvalue weighted by Crippen LogP contribution is -2.25. The summed E-state index contributed by atoms with van der Waals surface area (Å²) in [5, 5.41) is 3.55. The summed E-state index contributed by atoms with van der Waals surface area (Å²) < 4.78 is 0. The highest BCUT2D eigenvalue weighted by atomic mass is 14.9. The zero-order chi connectivity index (χ0) is 10.2. The van der Waals surface area contributed by atoms with Gasteiger partial charge in [0.25, 0.3) is 0 Å². The molecule has 3 N–H and O–H groups in total. The Morgan fingerprint density at radius 1 is 1.43 bits per heavy atom. The normalized spacial score (nSPS) is 19.3. The van der Waals surface area contributed by atoms with Gasteiger partial charge < -0.3 is 11.1 Å². The molecule has 0 heterocycles. The van der Waals surface area contributed by atoms with Crippen LogP contribution in [0.5, 0.6) is 0 Å². The molecule has 2 nitrogen and oxygen atoms in total. The Balaban J connectivity index is 1.81. The number of hydrogen-bond acceptors (Lipinski definition) is 2. The van der Waals surface area contributed by atoms with Gasteiger partial charge >= 0.3 is 0 Å². The molecule has 14 heavy (non-hydrogen) atoms. The Morgan fingerprint density at radius 3 is 2.79 bits per heavy atom. The molecular formula is C12H26N2. The average molecular weight is 198 g/mol. The Hall–Kier alpha value is -0.0800. The van der Waals surface area contributed by atoms with E-state index in [9.17, 15) is 0 Å². The maximum Gasteiger partial charge on any atom is -0.00231 e. The van der Waals surface area contributed by atoms with Crippen LogP contribution in [0.2, 0.25) is 0 Å². The maximum absolute atomic E-state index is 5.48. The summed E-state index contributed by atoms with van der Waals surface area (Å²) in [5.74, 6) is 1.83. The van der Waals surface area contributed by atoms with Crippen LogP contribution in [0.4, 0.5) is 0 Å². The van der Waals surface area contributed by atoms with E-state index < -0.39 is 0 Å². The molecular weight excluding hydrogens is 172 g/mol. The first-order chi connectivity index (χ1) is 6.83. The van der Waals surface area contributed by atoms with Gasteiger partial charge in [0.15, 0.2) is 0 Å². The molecule has 0 spiro atoms. The van der Waals surface area contributed by atoms with Crippen molar-refractivity contribution in [2.45, 2.75) is 45.4 Å². The van der Waals surface area contributed by atoms with Gasteiger partial charge in [0.1, 0.15) is 0 Å². The molecule has 0 aromatic carbocycles. The minimum Gasteiger partial charge on any atom is -0.330 e. The van der Waals surface area contributed by atoms with Crippen LogP contribution in [-0.4, -0.2) is 19.6 Å². The maximum atomic E-state index is 5.48. The van der Waals surface area contributed by atoms with Crippen molar-refractivity contribution in [1.82, 2.24) is 5.32 Å². The molecule has 0 amide bonds. The standard InChI is InChI=1S/C12H26N2/c1-11(4-3-8-13)10-14-9-7-12-5-2-6-12/h11-12,14H,2-10,13H2,1H3. The van der Waals surface area contributed by atoms with Crippen molar-refractivity contribution in [2.24, 2.45) is 17.6 Å². The predicted octanol–water partition coefficient (Wildman–Crippen LogP) is 2.14. The molecule has 1 aliphatic rings. The van der Waals surface area contributed by atoms with Crippen LogP contribution in [0.1, 0.15) is 45.4 Å². The van der Waals surface area contributed by atoms with Gasteiger partial charge in [0.2, 0.25) is 0 Å². The largest absolute Gasteiger partial charge is 0.330 e. The first-order valence-electron chi connectivity index (χ1n) is 6.23. The lowest BCUT2D eigenvalue weighted by molar-refractivity contribution is 0.289. The van der Waals surface area contributed by atoms with Crippen LogP contribution >= 0.6 is 0 Å². The molecule has 84 valence electrons. The lowest BCUT2D eigenvalue weighted by atomic mass is 9.83. The molecule has 0 radical (unpaired) electrons. The van der Waals surface area contributed by atoms with Crippen LogP contribution in [0, 0.1) is 11.8 Å². The van der Waals surface area contributed by atoms with Crippen LogP contribution in [0.25, 0.3) is 0 Å². The zero-order valence-corrected chi connectivity index (χ0v) is 9.60. The molecule has 0 saturated heterocycles. The fourth-order valence-electron chi connectivity index (χ4n) is 2.00. The highest BCUT2D eigenvalue weighted by Gasteiger charge is 2.16. The third kappa shape index (κ3) is 4.97. The lowest BCUT2D eigenvalue weighted by Gasteiger charge is -2.25. The van der Waals surface area contributed by atoms with E-state index in [1.54, 1.807) is 0 Å².